The molecule has 0 saturated carbocycles. The lowest BCUT2D eigenvalue weighted by Crippen LogP contribution is -2.15. The molecule has 1 aromatic carbocycles. The minimum Gasteiger partial charge on any atom is -0.491 e. The smallest absolute Gasteiger partial charge is 0.221 e. The molecule has 3 nitrogen and oxygen atoms in total. The van der Waals surface area contributed by atoms with Crippen molar-refractivity contribution in [2.45, 2.75) is 26.7 Å². The van der Waals surface area contributed by atoms with Crippen LogP contribution in [0.1, 0.15) is 26.7 Å². The summed E-state index contributed by atoms with van der Waals surface area (Å²) in [5.74, 6) is 1.15. The second-order valence-electron chi connectivity index (χ2n) is 4.30. The van der Waals surface area contributed by atoms with Crippen LogP contribution >= 0.6 is 15.9 Å². The average Bonchev–Trinajstić information content (AvgIpc) is 2.35. The maximum Gasteiger partial charge on any atom is 0.221 e. The highest BCUT2D eigenvalue weighted by molar-refractivity contribution is 9.09. The lowest BCUT2D eigenvalue weighted by molar-refractivity contribution is -0.114. The highest BCUT2D eigenvalue weighted by atomic mass is 79.9. The molecule has 1 unspecified atom stereocenters. The Morgan fingerprint density at radius 2 is 2.17 bits per heavy atom. The molecule has 0 heterocycles. The third-order valence-corrected chi connectivity index (χ3v) is 3.50. The molecule has 0 radical (unpaired) electrons. The zero-order chi connectivity index (χ0) is 13.4. The number of halogens is 1. The van der Waals surface area contributed by atoms with Gasteiger partial charge in [-0.3, -0.25) is 4.79 Å². The number of carbonyl (C=O) groups excluding carboxylic acids is 1. The molecule has 0 aliphatic rings. The maximum atomic E-state index is 11.1. The van der Waals surface area contributed by atoms with Crippen LogP contribution in [0.2, 0.25) is 0 Å². The Bertz CT molecular complexity index is 382. The minimum absolute atomic E-state index is 0.0864. The molecule has 1 N–H and O–H groups in total. The summed E-state index contributed by atoms with van der Waals surface area (Å²) in [5.41, 5.74) is 0.731. The lowest BCUT2D eigenvalue weighted by atomic mass is 10.1. The Hall–Kier alpha value is -1.03. The van der Waals surface area contributed by atoms with E-state index in [9.17, 15) is 4.79 Å². The summed E-state index contributed by atoms with van der Waals surface area (Å²) in [4.78, 5) is 11.1. The summed E-state index contributed by atoms with van der Waals surface area (Å²) in [6, 6.07) is 7.51. The molecular formula is C14H20BrNO2. The van der Waals surface area contributed by atoms with Crippen molar-refractivity contribution >= 4 is 27.5 Å². The van der Waals surface area contributed by atoms with Gasteiger partial charge in [-0.2, -0.15) is 0 Å². The Kier molecular flexibility index (Phi) is 6.80. The number of alkyl halides is 1. The van der Waals surface area contributed by atoms with Crippen LogP contribution in [0.15, 0.2) is 24.3 Å². The van der Waals surface area contributed by atoms with Crippen LogP contribution in [0.3, 0.4) is 0 Å². The van der Waals surface area contributed by atoms with Crippen LogP contribution in [-0.2, 0) is 4.79 Å². The van der Waals surface area contributed by atoms with E-state index in [-0.39, 0.29) is 5.91 Å². The Labute approximate surface area is 117 Å². The zero-order valence-electron chi connectivity index (χ0n) is 10.9. The van der Waals surface area contributed by atoms with Crippen LogP contribution in [-0.4, -0.2) is 17.8 Å². The quantitative estimate of drug-likeness (QED) is 0.777. The second-order valence-corrected chi connectivity index (χ2v) is 4.94. The van der Waals surface area contributed by atoms with E-state index in [0.717, 1.165) is 29.6 Å². The summed E-state index contributed by atoms with van der Waals surface area (Å²) in [6.45, 7) is 4.33. The third-order valence-electron chi connectivity index (χ3n) is 2.59. The van der Waals surface area contributed by atoms with Gasteiger partial charge in [-0.05, 0) is 18.6 Å². The van der Waals surface area contributed by atoms with Gasteiger partial charge < -0.3 is 10.1 Å². The van der Waals surface area contributed by atoms with E-state index >= 15 is 0 Å². The average molecular weight is 314 g/mol. The van der Waals surface area contributed by atoms with Crippen molar-refractivity contribution in [1.29, 1.82) is 0 Å². The number of anilines is 1. The first-order valence-corrected chi connectivity index (χ1v) is 7.34. The highest BCUT2D eigenvalue weighted by Gasteiger charge is 2.09. The fourth-order valence-electron chi connectivity index (χ4n) is 1.71. The zero-order valence-corrected chi connectivity index (χ0v) is 12.5. The summed E-state index contributed by atoms with van der Waals surface area (Å²) < 4.78 is 5.80. The molecule has 0 spiro atoms. The number of amides is 1. The van der Waals surface area contributed by atoms with Crippen molar-refractivity contribution < 1.29 is 9.53 Å². The second kappa shape index (κ2) is 8.14. The summed E-state index contributed by atoms with van der Waals surface area (Å²) in [6.07, 6.45) is 2.28. The molecule has 0 aliphatic heterocycles. The molecule has 1 amide bonds. The highest BCUT2D eigenvalue weighted by Crippen LogP contribution is 2.24. The first-order valence-electron chi connectivity index (χ1n) is 6.22. The Morgan fingerprint density at radius 3 is 2.78 bits per heavy atom. The van der Waals surface area contributed by atoms with Gasteiger partial charge in [-0.15, -0.1) is 0 Å². The first kappa shape index (κ1) is 15.0. The number of para-hydroxylation sites is 2. The molecule has 0 bridgehead atoms. The van der Waals surface area contributed by atoms with E-state index in [1.807, 2.05) is 24.3 Å². The van der Waals surface area contributed by atoms with Crippen molar-refractivity contribution in [2.75, 3.05) is 17.3 Å². The van der Waals surface area contributed by atoms with Crippen LogP contribution in [0, 0.1) is 5.92 Å². The fraction of sp³-hybridized carbons (Fsp3) is 0.500. The predicted molar refractivity (Wildman–Crippen MR) is 78.4 cm³/mol. The number of rotatable bonds is 7. The number of hydrogen-bond donors (Lipinski definition) is 1. The summed E-state index contributed by atoms with van der Waals surface area (Å²) in [7, 11) is 0. The molecule has 0 aliphatic carbocycles. The summed E-state index contributed by atoms with van der Waals surface area (Å²) in [5, 5.41) is 3.71. The first-order chi connectivity index (χ1) is 8.67. The van der Waals surface area contributed by atoms with Gasteiger partial charge in [0.15, 0.2) is 0 Å². The maximum absolute atomic E-state index is 11.1. The van der Waals surface area contributed by atoms with Crippen LogP contribution in [0.4, 0.5) is 5.69 Å². The SMILES string of the molecule is CCCC(CBr)COc1ccccc1NC(C)=O. The van der Waals surface area contributed by atoms with Gasteiger partial charge in [-0.1, -0.05) is 41.4 Å². The fourth-order valence-corrected chi connectivity index (χ4v) is 2.22. The van der Waals surface area contributed by atoms with Crippen molar-refractivity contribution in [3.63, 3.8) is 0 Å². The van der Waals surface area contributed by atoms with Gasteiger partial charge >= 0.3 is 0 Å². The molecule has 0 fully saturated rings. The monoisotopic (exact) mass is 313 g/mol. The largest absolute Gasteiger partial charge is 0.491 e. The number of nitrogens with one attached hydrogen (secondary N) is 1. The normalized spacial score (nSPS) is 11.9. The van der Waals surface area contributed by atoms with Crippen LogP contribution in [0.25, 0.3) is 0 Å². The number of benzene rings is 1. The van der Waals surface area contributed by atoms with Crippen LogP contribution in [0.5, 0.6) is 5.75 Å². The Morgan fingerprint density at radius 1 is 1.44 bits per heavy atom. The molecule has 4 heteroatoms. The number of carbonyl (C=O) groups is 1. The molecule has 100 valence electrons. The van der Waals surface area contributed by atoms with Crippen molar-refractivity contribution in [1.82, 2.24) is 0 Å². The standard InChI is InChI=1S/C14H20BrNO2/c1-3-6-12(9-15)10-18-14-8-5-4-7-13(14)16-11(2)17/h4-5,7-8,12H,3,6,9-10H2,1-2H3,(H,16,17). The van der Waals surface area contributed by atoms with Gasteiger partial charge in [0.25, 0.3) is 0 Å². The molecule has 1 rings (SSSR count). The van der Waals surface area contributed by atoms with E-state index in [1.165, 1.54) is 6.92 Å². The predicted octanol–water partition coefficient (Wildman–Crippen LogP) is 3.84. The van der Waals surface area contributed by atoms with Crippen LogP contribution < -0.4 is 10.1 Å². The van der Waals surface area contributed by atoms with Crippen molar-refractivity contribution in [3.05, 3.63) is 24.3 Å². The molecule has 18 heavy (non-hydrogen) atoms. The van der Waals surface area contributed by atoms with Crippen molar-refractivity contribution in [2.24, 2.45) is 5.92 Å². The summed E-state index contributed by atoms with van der Waals surface area (Å²) >= 11 is 3.50. The molecule has 0 aromatic heterocycles. The van der Waals surface area contributed by atoms with Crippen molar-refractivity contribution in [3.8, 4) is 5.75 Å². The number of hydrogen-bond acceptors (Lipinski definition) is 2. The molecule has 1 aromatic rings. The van der Waals surface area contributed by atoms with Gasteiger partial charge in [0, 0.05) is 18.2 Å². The van der Waals surface area contributed by atoms with E-state index in [1.54, 1.807) is 0 Å². The minimum atomic E-state index is -0.0864. The van der Waals surface area contributed by atoms with E-state index in [0.29, 0.717) is 12.5 Å². The molecule has 0 saturated heterocycles. The molecule has 1 atom stereocenters. The van der Waals surface area contributed by atoms with Gasteiger partial charge in [0.1, 0.15) is 5.75 Å². The van der Waals surface area contributed by atoms with E-state index in [4.69, 9.17) is 4.74 Å². The van der Waals surface area contributed by atoms with Gasteiger partial charge in [0.2, 0.25) is 5.91 Å². The topological polar surface area (TPSA) is 38.3 Å². The molecular weight excluding hydrogens is 294 g/mol. The van der Waals surface area contributed by atoms with E-state index in [2.05, 4.69) is 28.2 Å². The number of ether oxygens (including phenoxy) is 1. The van der Waals surface area contributed by atoms with E-state index < -0.39 is 0 Å². The Balaban J connectivity index is 2.62. The lowest BCUT2D eigenvalue weighted by Gasteiger charge is -2.16. The van der Waals surface area contributed by atoms with Gasteiger partial charge in [0.05, 0.1) is 12.3 Å². The van der Waals surface area contributed by atoms with Gasteiger partial charge in [-0.25, -0.2) is 0 Å². The third kappa shape index (κ3) is 5.08.